The molecule has 1 aromatic carbocycles. The zero-order valence-electron chi connectivity index (χ0n) is 16.0. The monoisotopic (exact) mass is 375 g/mol. The minimum atomic E-state index is -0.315. The summed E-state index contributed by atoms with van der Waals surface area (Å²) >= 11 is 1.67. The molecular weight excluding hydrogens is 346 g/mol. The first kappa shape index (κ1) is 20.3. The molecule has 0 fully saturated rings. The van der Waals surface area contributed by atoms with E-state index in [4.69, 9.17) is 0 Å². The normalized spacial score (nSPS) is 12.8. The first-order valence-electron chi connectivity index (χ1n) is 8.76. The Morgan fingerprint density at radius 1 is 1.27 bits per heavy atom. The molecule has 0 radical (unpaired) electrons. The van der Waals surface area contributed by atoms with Crippen molar-refractivity contribution in [3.8, 4) is 5.75 Å². The van der Waals surface area contributed by atoms with Gasteiger partial charge in [-0.2, -0.15) is 11.3 Å². The maximum absolute atomic E-state index is 12.3. The van der Waals surface area contributed by atoms with Crippen molar-refractivity contribution >= 4 is 17.4 Å². The third-order valence-corrected chi connectivity index (χ3v) is 5.02. The summed E-state index contributed by atoms with van der Waals surface area (Å²) in [5, 5.41) is 19.8. The lowest BCUT2D eigenvalue weighted by atomic mass is 9.97. The SMILES string of the molecule is CN(C)[C@H](CNC(=O)NC(C)(C)Cc1ccsc1)Cc1cccc(O)c1. The van der Waals surface area contributed by atoms with E-state index in [0.717, 1.165) is 18.4 Å². The van der Waals surface area contributed by atoms with Crippen molar-refractivity contribution < 1.29 is 9.90 Å². The van der Waals surface area contributed by atoms with Gasteiger partial charge in [0.05, 0.1) is 0 Å². The predicted octanol–water partition coefficient (Wildman–Crippen LogP) is 3.25. The second-order valence-corrected chi connectivity index (χ2v) is 8.30. The van der Waals surface area contributed by atoms with Crippen LogP contribution < -0.4 is 10.6 Å². The Bertz CT molecular complexity index is 699. The van der Waals surface area contributed by atoms with Gasteiger partial charge in [-0.15, -0.1) is 0 Å². The first-order valence-corrected chi connectivity index (χ1v) is 9.71. The molecule has 5 nitrogen and oxygen atoms in total. The van der Waals surface area contributed by atoms with E-state index in [0.29, 0.717) is 6.54 Å². The summed E-state index contributed by atoms with van der Waals surface area (Å²) < 4.78 is 0. The second kappa shape index (κ2) is 9.05. The highest BCUT2D eigenvalue weighted by atomic mass is 32.1. The van der Waals surface area contributed by atoms with Crippen LogP contribution in [0.25, 0.3) is 0 Å². The summed E-state index contributed by atoms with van der Waals surface area (Å²) in [5.41, 5.74) is 1.96. The maximum atomic E-state index is 12.3. The molecule has 2 rings (SSSR count). The van der Waals surface area contributed by atoms with Gasteiger partial charge >= 0.3 is 6.03 Å². The van der Waals surface area contributed by atoms with Crippen LogP contribution in [0.2, 0.25) is 0 Å². The topological polar surface area (TPSA) is 64.6 Å². The fourth-order valence-electron chi connectivity index (χ4n) is 2.90. The number of amides is 2. The van der Waals surface area contributed by atoms with Gasteiger partial charge in [0.25, 0.3) is 0 Å². The number of phenolic OH excluding ortho intramolecular Hbond substituents is 1. The van der Waals surface area contributed by atoms with E-state index in [2.05, 4.69) is 32.4 Å². The molecule has 0 bridgehead atoms. The lowest BCUT2D eigenvalue weighted by Gasteiger charge is -2.28. The molecule has 0 aliphatic carbocycles. The Morgan fingerprint density at radius 3 is 2.65 bits per heavy atom. The summed E-state index contributed by atoms with van der Waals surface area (Å²) in [5.74, 6) is 0.265. The smallest absolute Gasteiger partial charge is 0.315 e. The molecule has 2 amide bonds. The van der Waals surface area contributed by atoms with Gasteiger partial charge in [-0.05, 0) is 80.9 Å². The summed E-state index contributed by atoms with van der Waals surface area (Å²) in [6.07, 6.45) is 1.55. The Labute approximate surface area is 160 Å². The highest BCUT2D eigenvalue weighted by Crippen LogP contribution is 2.16. The van der Waals surface area contributed by atoms with Gasteiger partial charge in [0, 0.05) is 18.1 Å². The molecule has 0 spiro atoms. The van der Waals surface area contributed by atoms with Crippen LogP contribution in [0.3, 0.4) is 0 Å². The number of carbonyl (C=O) groups excluding carboxylic acids is 1. The molecule has 26 heavy (non-hydrogen) atoms. The van der Waals surface area contributed by atoms with Gasteiger partial charge in [0.2, 0.25) is 0 Å². The molecule has 0 saturated carbocycles. The highest BCUT2D eigenvalue weighted by molar-refractivity contribution is 7.07. The minimum absolute atomic E-state index is 0.141. The number of thiophene rings is 1. The molecular formula is C20H29N3O2S. The number of hydrogen-bond donors (Lipinski definition) is 3. The van der Waals surface area contributed by atoms with E-state index in [1.54, 1.807) is 23.5 Å². The molecule has 1 aromatic heterocycles. The van der Waals surface area contributed by atoms with Crippen LogP contribution in [-0.2, 0) is 12.8 Å². The van der Waals surface area contributed by atoms with Crippen molar-refractivity contribution in [1.29, 1.82) is 0 Å². The highest BCUT2D eigenvalue weighted by Gasteiger charge is 2.22. The molecule has 0 aliphatic heterocycles. The molecule has 6 heteroatoms. The predicted molar refractivity (Wildman–Crippen MR) is 108 cm³/mol. The third-order valence-electron chi connectivity index (χ3n) is 4.29. The molecule has 142 valence electrons. The Hall–Kier alpha value is -2.05. The van der Waals surface area contributed by atoms with Gasteiger partial charge < -0.3 is 20.6 Å². The summed E-state index contributed by atoms with van der Waals surface area (Å²) in [6.45, 7) is 4.59. The number of phenols is 1. The molecule has 3 N–H and O–H groups in total. The van der Waals surface area contributed by atoms with Crippen molar-refractivity contribution in [2.75, 3.05) is 20.6 Å². The molecule has 0 unspecified atom stereocenters. The number of aromatic hydroxyl groups is 1. The largest absolute Gasteiger partial charge is 0.508 e. The number of urea groups is 1. The van der Waals surface area contributed by atoms with Gasteiger partial charge in [-0.25, -0.2) is 4.79 Å². The number of rotatable bonds is 8. The third kappa shape index (κ3) is 6.69. The van der Waals surface area contributed by atoms with Crippen molar-refractivity contribution in [3.05, 3.63) is 52.2 Å². The molecule has 0 saturated heterocycles. The van der Waals surface area contributed by atoms with E-state index in [-0.39, 0.29) is 23.4 Å². The van der Waals surface area contributed by atoms with E-state index >= 15 is 0 Å². The van der Waals surface area contributed by atoms with Crippen molar-refractivity contribution in [2.45, 2.75) is 38.3 Å². The zero-order valence-corrected chi connectivity index (χ0v) is 16.8. The number of hydrogen-bond acceptors (Lipinski definition) is 4. The quantitative estimate of drug-likeness (QED) is 0.664. The minimum Gasteiger partial charge on any atom is -0.508 e. The van der Waals surface area contributed by atoms with Crippen LogP contribution in [0.1, 0.15) is 25.0 Å². The first-order chi connectivity index (χ1) is 12.2. The van der Waals surface area contributed by atoms with Gasteiger partial charge in [0.1, 0.15) is 5.75 Å². The standard InChI is InChI=1S/C20H29N3O2S/c1-20(2,12-16-8-9-26-14-16)22-19(25)21-13-17(23(3)4)10-15-6-5-7-18(24)11-15/h5-9,11,14,17,24H,10,12-13H2,1-4H3,(H2,21,22,25)/t17-/m0/s1. The molecule has 0 aliphatic rings. The van der Waals surface area contributed by atoms with Crippen LogP contribution in [0, 0.1) is 0 Å². The summed E-state index contributed by atoms with van der Waals surface area (Å²) in [7, 11) is 3.99. The number of nitrogens with one attached hydrogen (secondary N) is 2. The van der Waals surface area contributed by atoms with E-state index in [1.165, 1.54) is 5.56 Å². The number of likely N-dealkylation sites (N-methyl/N-ethyl adjacent to an activating group) is 1. The van der Waals surface area contributed by atoms with Gasteiger partial charge in [-0.1, -0.05) is 12.1 Å². The Balaban J connectivity index is 1.86. The average Bonchev–Trinajstić information content (AvgIpc) is 3.02. The molecule has 1 heterocycles. The maximum Gasteiger partial charge on any atom is 0.315 e. The average molecular weight is 376 g/mol. The number of benzene rings is 1. The van der Waals surface area contributed by atoms with Crippen molar-refractivity contribution in [2.24, 2.45) is 0 Å². The fourth-order valence-corrected chi connectivity index (χ4v) is 3.57. The van der Waals surface area contributed by atoms with E-state index in [1.807, 2.05) is 40.1 Å². The van der Waals surface area contributed by atoms with Crippen LogP contribution in [0.4, 0.5) is 4.79 Å². The Morgan fingerprint density at radius 2 is 2.04 bits per heavy atom. The van der Waals surface area contributed by atoms with Gasteiger partial charge in [-0.3, -0.25) is 0 Å². The van der Waals surface area contributed by atoms with Crippen LogP contribution in [0.5, 0.6) is 5.75 Å². The lowest BCUT2D eigenvalue weighted by Crippen LogP contribution is -2.52. The van der Waals surface area contributed by atoms with E-state index < -0.39 is 0 Å². The zero-order chi connectivity index (χ0) is 19.2. The lowest BCUT2D eigenvalue weighted by molar-refractivity contribution is 0.222. The van der Waals surface area contributed by atoms with Crippen molar-refractivity contribution in [1.82, 2.24) is 15.5 Å². The van der Waals surface area contributed by atoms with Crippen LogP contribution in [0.15, 0.2) is 41.1 Å². The number of carbonyl (C=O) groups is 1. The molecule has 2 aromatic rings. The fraction of sp³-hybridized carbons (Fsp3) is 0.450. The molecule has 1 atom stereocenters. The van der Waals surface area contributed by atoms with Crippen molar-refractivity contribution in [3.63, 3.8) is 0 Å². The second-order valence-electron chi connectivity index (χ2n) is 7.52. The van der Waals surface area contributed by atoms with E-state index in [9.17, 15) is 9.90 Å². The summed E-state index contributed by atoms with van der Waals surface area (Å²) in [4.78, 5) is 14.4. The number of nitrogens with zero attached hydrogens (tertiary/aromatic N) is 1. The Kier molecular flexibility index (Phi) is 7.06. The van der Waals surface area contributed by atoms with Crippen LogP contribution in [-0.4, -0.2) is 48.3 Å². The van der Waals surface area contributed by atoms with Crippen LogP contribution >= 0.6 is 11.3 Å². The summed E-state index contributed by atoms with van der Waals surface area (Å²) in [6, 6.07) is 9.32. The van der Waals surface area contributed by atoms with Gasteiger partial charge in [0.15, 0.2) is 0 Å².